The number of amides is 1. The summed E-state index contributed by atoms with van der Waals surface area (Å²) in [5.74, 6) is 0.0450. The van der Waals surface area contributed by atoms with Crippen LogP contribution in [0.4, 0.5) is 0 Å². The van der Waals surface area contributed by atoms with Gasteiger partial charge in [-0.05, 0) is 42.7 Å². The Balaban J connectivity index is 1.31. The number of para-hydroxylation sites is 1. The molecule has 0 spiro atoms. The van der Waals surface area contributed by atoms with Crippen molar-refractivity contribution >= 4 is 22.5 Å². The summed E-state index contributed by atoms with van der Waals surface area (Å²) in [5, 5.41) is 11.8. The Morgan fingerprint density at radius 3 is 2.90 bits per heavy atom. The maximum absolute atomic E-state index is 13.0. The van der Waals surface area contributed by atoms with Crippen molar-refractivity contribution in [3.05, 3.63) is 77.9 Å². The Labute approximate surface area is 174 Å². The number of pyridine rings is 2. The normalized spacial score (nSPS) is 19.1. The molecule has 0 aliphatic carbocycles. The molecule has 1 N–H and O–H groups in total. The molecule has 0 radical (unpaired) electrons. The maximum atomic E-state index is 13.0. The van der Waals surface area contributed by atoms with E-state index in [1.807, 2.05) is 60.1 Å². The molecular weight excluding hydrogens is 376 g/mol. The van der Waals surface area contributed by atoms with Gasteiger partial charge in [0.2, 0.25) is 5.91 Å². The highest BCUT2D eigenvalue weighted by Crippen LogP contribution is 2.26. The lowest BCUT2D eigenvalue weighted by atomic mass is 9.94. The van der Waals surface area contributed by atoms with E-state index >= 15 is 0 Å². The molecule has 1 aromatic carbocycles. The van der Waals surface area contributed by atoms with E-state index in [1.54, 1.807) is 11.1 Å². The fraction of sp³-hybridized carbons (Fsp3) is 0.292. The minimum absolute atomic E-state index is 0.0178. The van der Waals surface area contributed by atoms with Crippen LogP contribution in [0, 0.1) is 12.8 Å². The maximum Gasteiger partial charge on any atom is 0.228 e. The van der Waals surface area contributed by atoms with E-state index in [9.17, 15) is 9.90 Å². The second kappa shape index (κ2) is 7.54. The van der Waals surface area contributed by atoms with E-state index in [0.717, 1.165) is 39.8 Å². The number of carbonyl (C=O) groups excluding carboxylic acids is 1. The number of nitrogens with zero attached hydrogens (tertiary/aromatic N) is 4. The quantitative estimate of drug-likeness (QED) is 0.572. The summed E-state index contributed by atoms with van der Waals surface area (Å²) in [6.45, 7) is 2.95. The fourth-order valence-corrected chi connectivity index (χ4v) is 4.47. The number of aromatic nitrogens is 3. The van der Waals surface area contributed by atoms with Gasteiger partial charge in [0.25, 0.3) is 0 Å². The zero-order valence-electron chi connectivity index (χ0n) is 16.9. The number of aliphatic hydroxyl groups is 1. The van der Waals surface area contributed by atoms with E-state index in [-0.39, 0.29) is 18.2 Å². The molecule has 30 heavy (non-hydrogen) atoms. The van der Waals surface area contributed by atoms with Crippen LogP contribution in [0.3, 0.4) is 0 Å². The van der Waals surface area contributed by atoms with Crippen LogP contribution in [-0.2, 0) is 17.6 Å². The molecule has 3 aromatic heterocycles. The number of β-amino-alcohol motifs (C(OH)–C–C–N with tert-alkyl or cyclic N) is 1. The van der Waals surface area contributed by atoms with E-state index in [4.69, 9.17) is 0 Å². The highest BCUT2D eigenvalue weighted by molar-refractivity contribution is 5.82. The number of carbonyl (C=O) groups is 1. The lowest BCUT2D eigenvalue weighted by molar-refractivity contribution is -0.129. The molecule has 1 amide bonds. The van der Waals surface area contributed by atoms with Gasteiger partial charge in [-0.3, -0.25) is 9.78 Å². The van der Waals surface area contributed by atoms with Crippen LogP contribution in [0.15, 0.2) is 61.1 Å². The molecule has 1 aliphatic rings. The van der Waals surface area contributed by atoms with Crippen LogP contribution in [0.2, 0.25) is 0 Å². The van der Waals surface area contributed by atoms with Crippen LogP contribution < -0.4 is 0 Å². The second-order valence-corrected chi connectivity index (χ2v) is 8.13. The first-order valence-electron chi connectivity index (χ1n) is 10.3. The number of benzene rings is 1. The first kappa shape index (κ1) is 18.8. The average Bonchev–Trinajstić information content (AvgIpc) is 3.33. The largest absolute Gasteiger partial charge is 0.391 e. The van der Waals surface area contributed by atoms with Gasteiger partial charge in [-0.1, -0.05) is 24.3 Å². The molecule has 5 rings (SSSR count). The van der Waals surface area contributed by atoms with Gasteiger partial charge in [0.15, 0.2) is 0 Å². The summed E-state index contributed by atoms with van der Waals surface area (Å²) in [6.07, 6.45) is 6.01. The SMILES string of the molecule is Cc1cccn2c(CC(=O)N3C[C@@H](Cc4ccnc5ccccc45)[C@@H](O)C3)cnc12. The summed E-state index contributed by atoms with van der Waals surface area (Å²) < 4.78 is 1.97. The van der Waals surface area contributed by atoms with Crippen LogP contribution in [0.5, 0.6) is 0 Å². The zero-order valence-corrected chi connectivity index (χ0v) is 16.9. The third-order valence-corrected chi connectivity index (χ3v) is 6.12. The molecule has 0 saturated carbocycles. The number of hydrogen-bond acceptors (Lipinski definition) is 4. The fourth-order valence-electron chi connectivity index (χ4n) is 4.47. The molecule has 4 aromatic rings. The molecule has 1 aliphatic heterocycles. The molecule has 6 nitrogen and oxygen atoms in total. The number of imidazole rings is 1. The molecule has 6 heteroatoms. The van der Waals surface area contributed by atoms with Gasteiger partial charge in [-0.25, -0.2) is 4.98 Å². The van der Waals surface area contributed by atoms with Gasteiger partial charge in [0, 0.05) is 43.0 Å². The predicted molar refractivity (Wildman–Crippen MR) is 115 cm³/mol. The summed E-state index contributed by atoms with van der Waals surface area (Å²) in [6, 6.07) is 14.0. The van der Waals surface area contributed by atoms with E-state index < -0.39 is 6.10 Å². The smallest absolute Gasteiger partial charge is 0.228 e. The Bertz CT molecular complexity index is 1230. The Kier molecular flexibility index (Phi) is 4.71. The monoisotopic (exact) mass is 400 g/mol. The predicted octanol–water partition coefficient (Wildman–Crippen LogP) is 2.80. The summed E-state index contributed by atoms with van der Waals surface area (Å²) in [5.41, 5.74) is 4.95. The highest BCUT2D eigenvalue weighted by Gasteiger charge is 2.34. The van der Waals surface area contributed by atoms with Gasteiger partial charge < -0.3 is 14.4 Å². The van der Waals surface area contributed by atoms with Gasteiger partial charge in [-0.2, -0.15) is 0 Å². The number of likely N-dealkylation sites (tertiary alicyclic amines) is 1. The summed E-state index contributed by atoms with van der Waals surface area (Å²) >= 11 is 0. The first-order valence-corrected chi connectivity index (χ1v) is 10.3. The standard InChI is InChI=1S/C24H24N4O2/c1-16-5-4-10-28-19(13-26-24(16)28)12-23(30)27-14-18(22(29)15-27)11-17-8-9-25-21-7-3-2-6-20(17)21/h2-10,13,18,22,29H,11-12,14-15H2,1H3/t18-,22+/m1/s1. The lowest BCUT2D eigenvalue weighted by Gasteiger charge is -2.16. The average molecular weight is 400 g/mol. The van der Waals surface area contributed by atoms with Crippen molar-refractivity contribution < 1.29 is 9.90 Å². The highest BCUT2D eigenvalue weighted by atomic mass is 16.3. The molecule has 152 valence electrons. The van der Waals surface area contributed by atoms with E-state index in [0.29, 0.717) is 13.1 Å². The number of aliphatic hydroxyl groups excluding tert-OH is 1. The summed E-state index contributed by atoms with van der Waals surface area (Å²) in [7, 11) is 0. The lowest BCUT2D eigenvalue weighted by Crippen LogP contribution is -2.31. The zero-order chi connectivity index (χ0) is 20.7. The van der Waals surface area contributed by atoms with Gasteiger partial charge >= 0.3 is 0 Å². The van der Waals surface area contributed by atoms with Gasteiger partial charge in [-0.15, -0.1) is 0 Å². The number of hydrogen-bond donors (Lipinski definition) is 1. The van der Waals surface area contributed by atoms with Crippen molar-refractivity contribution in [2.45, 2.75) is 25.9 Å². The number of fused-ring (bicyclic) bond motifs is 2. The molecule has 0 unspecified atom stereocenters. The molecular formula is C24H24N4O2. The van der Waals surface area contributed by atoms with Crippen molar-refractivity contribution in [3.63, 3.8) is 0 Å². The molecule has 0 bridgehead atoms. The van der Waals surface area contributed by atoms with Gasteiger partial charge in [0.05, 0.1) is 23.7 Å². The number of rotatable bonds is 4. The number of aryl methyl sites for hydroxylation is 1. The Morgan fingerprint density at radius 2 is 2.00 bits per heavy atom. The molecule has 1 saturated heterocycles. The van der Waals surface area contributed by atoms with E-state index in [1.165, 1.54) is 0 Å². The Hall–Kier alpha value is -3.25. The van der Waals surface area contributed by atoms with Crippen LogP contribution in [-0.4, -0.2) is 49.5 Å². The minimum Gasteiger partial charge on any atom is -0.391 e. The van der Waals surface area contributed by atoms with Crippen LogP contribution >= 0.6 is 0 Å². The first-order chi connectivity index (χ1) is 14.6. The third kappa shape index (κ3) is 3.33. The van der Waals surface area contributed by atoms with E-state index in [2.05, 4.69) is 16.0 Å². The Morgan fingerprint density at radius 1 is 1.13 bits per heavy atom. The summed E-state index contributed by atoms with van der Waals surface area (Å²) in [4.78, 5) is 23.6. The molecule has 4 heterocycles. The minimum atomic E-state index is -0.523. The van der Waals surface area contributed by atoms with Crippen molar-refractivity contribution in [2.75, 3.05) is 13.1 Å². The third-order valence-electron chi connectivity index (χ3n) is 6.12. The van der Waals surface area contributed by atoms with Crippen molar-refractivity contribution in [1.82, 2.24) is 19.3 Å². The van der Waals surface area contributed by atoms with Crippen LogP contribution in [0.1, 0.15) is 16.8 Å². The van der Waals surface area contributed by atoms with Crippen molar-refractivity contribution in [1.29, 1.82) is 0 Å². The second-order valence-electron chi connectivity index (χ2n) is 8.13. The topological polar surface area (TPSA) is 70.7 Å². The molecule has 1 fully saturated rings. The van der Waals surface area contributed by atoms with Crippen molar-refractivity contribution in [2.24, 2.45) is 5.92 Å². The van der Waals surface area contributed by atoms with Crippen LogP contribution in [0.25, 0.3) is 16.6 Å². The van der Waals surface area contributed by atoms with Crippen molar-refractivity contribution in [3.8, 4) is 0 Å². The van der Waals surface area contributed by atoms with Gasteiger partial charge in [0.1, 0.15) is 5.65 Å². The molecule has 2 atom stereocenters.